The molecule has 11 heteroatoms. The number of carbonyl (C=O) groups excluding carboxylic acids is 1. The van der Waals surface area contributed by atoms with Crippen molar-refractivity contribution < 1.29 is 22.9 Å². The Morgan fingerprint density at radius 1 is 1.30 bits per heavy atom. The van der Waals surface area contributed by atoms with Crippen LogP contribution in [0.3, 0.4) is 0 Å². The van der Waals surface area contributed by atoms with Gasteiger partial charge in [0.15, 0.2) is 0 Å². The molecule has 0 fully saturated rings. The lowest BCUT2D eigenvalue weighted by Gasteiger charge is -2.21. The van der Waals surface area contributed by atoms with Crippen LogP contribution in [0, 0.1) is 10.1 Å². The van der Waals surface area contributed by atoms with Gasteiger partial charge in [0.25, 0.3) is 11.6 Å². The van der Waals surface area contributed by atoms with Crippen LogP contribution in [0.4, 0.5) is 11.4 Å². The molecule has 0 unspecified atom stereocenters. The Hall–Kier alpha value is -3.31. The van der Waals surface area contributed by atoms with Crippen molar-refractivity contribution in [2.75, 3.05) is 24.7 Å². The van der Waals surface area contributed by atoms with E-state index in [0.717, 1.165) is 6.26 Å². The minimum Gasteiger partial charge on any atom is -0.375 e. The quantitative estimate of drug-likeness (QED) is 0.527. The molecule has 158 valence electrons. The van der Waals surface area contributed by atoms with Crippen molar-refractivity contribution in [1.82, 2.24) is 5.01 Å². The third-order valence-corrected chi connectivity index (χ3v) is 5.01. The summed E-state index contributed by atoms with van der Waals surface area (Å²) in [5.41, 5.74) is 2.03. The molecule has 2 aromatic carbocycles. The van der Waals surface area contributed by atoms with Crippen LogP contribution in [0.25, 0.3) is 0 Å². The number of hydrogen-bond acceptors (Lipinski definition) is 7. The molecular formula is C19H20N4O6S. The molecule has 0 saturated heterocycles. The molecule has 0 radical (unpaired) electrons. The number of carbonyl (C=O) groups is 1. The topological polar surface area (TPSA) is 131 Å². The summed E-state index contributed by atoms with van der Waals surface area (Å²) >= 11 is 0. The highest BCUT2D eigenvalue weighted by atomic mass is 32.2. The van der Waals surface area contributed by atoms with Crippen molar-refractivity contribution in [3.8, 4) is 0 Å². The number of nitro groups is 1. The predicted molar refractivity (Wildman–Crippen MR) is 111 cm³/mol. The van der Waals surface area contributed by atoms with E-state index in [1.54, 1.807) is 36.4 Å². The molecule has 1 amide bonds. The van der Waals surface area contributed by atoms with Gasteiger partial charge in [-0.3, -0.25) is 19.6 Å². The van der Waals surface area contributed by atoms with E-state index >= 15 is 0 Å². The summed E-state index contributed by atoms with van der Waals surface area (Å²) in [7, 11) is -2.06. The number of hydrazone groups is 1. The zero-order valence-corrected chi connectivity index (χ0v) is 17.1. The van der Waals surface area contributed by atoms with Gasteiger partial charge in [-0.2, -0.15) is 5.10 Å². The molecule has 0 aliphatic carbocycles. The summed E-state index contributed by atoms with van der Waals surface area (Å²) in [6.45, 7) is -0.197. The van der Waals surface area contributed by atoms with Crippen LogP contribution in [0.5, 0.6) is 0 Å². The fourth-order valence-electron chi connectivity index (χ4n) is 3.19. The van der Waals surface area contributed by atoms with Gasteiger partial charge >= 0.3 is 0 Å². The Balaban J connectivity index is 1.97. The summed E-state index contributed by atoms with van der Waals surface area (Å²) < 4.78 is 30.4. The minimum absolute atomic E-state index is 0.0839. The summed E-state index contributed by atoms with van der Waals surface area (Å²) in [5.74, 6) is -0.394. The number of ether oxygens (including phenoxy) is 1. The molecule has 0 saturated carbocycles. The Morgan fingerprint density at radius 3 is 2.70 bits per heavy atom. The van der Waals surface area contributed by atoms with Gasteiger partial charge in [-0.1, -0.05) is 24.3 Å². The maximum absolute atomic E-state index is 12.5. The first-order valence-electron chi connectivity index (χ1n) is 8.89. The van der Waals surface area contributed by atoms with Crippen molar-refractivity contribution in [2.45, 2.75) is 12.5 Å². The van der Waals surface area contributed by atoms with E-state index < -0.39 is 26.9 Å². The van der Waals surface area contributed by atoms with Gasteiger partial charge in [-0.25, -0.2) is 13.4 Å². The SMILES string of the molecule is COCC(=O)N1N=C(c2cccc(NS(C)(=O)=O)c2)C[C@H]1c1cccc([N+](=O)[O-])c1. The first kappa shape index (κ1) is 21.4. The molecule has 10 nitrogen and oxygen atoms in total. The summed E-state index contributed by atoms with van der Waals surface area (Å²) in [5, 5.41) is 16.8. The lowest BCUT2D eigenvalue weighted by molar-refractivity contribution is -0.384. The fraction of sp³-hybridized carbons (Fsp3) is 0.263. The first-order valence-corrected chi connectivity index (χ1v) is 10.8. The van der Waals surface area contributed by atoms with E-state index in [1.165, 1.54) is 24.3 Å². The van der Waals surface area contributed by atoms with E-state index in [1.807, 2.05) is 0 Å². The number of benzene rings is 2. The molecule has 1 heterocycles. The smallest absolute Gasteiger partial charge is 0.269 e. The van der Waals surface area contributed by atoms with Crippen LogP contribution in [0.1, 0.15) is 23.6 Å². The van der Waals surface area contributed by atoms with Crippen molar-refractivity contribution in [3.05, 3.63) is 69.8 Å². The lowest BCUT2D eigenvalue weighted by atomic mass is 9.98. The lowest BCUT2D eigenvalue weighted by Crippen LogP contribution is -2.30. The number of nitrogens with one attached hydrogen (secondary N) is 1. The average molecular weight is 432 g/mol. The van der Waals surface area contributed by atoms with E-state index in [9.17, 15) is 23.3 Å². The molecule has 0 aromatic heterocycles. The maximum atomic E-state index is 12.5. The van der Waals surface area contributed by atoms with Gasteiger partial charge in [0.05, 0.1) is 22.9 Å². The first-order chi connectivity index (χ1) is 14.2. The number of sulfonamides is 1. The number of nitrogens with zero attached hydrogens (tertiary/aromatic N) is 3. The van der Waals surface area contributed by atoms with E-state index in [-0.39, 0.29) is 12.3 Å². The summed E-state index contributed by atoms with van der Waals surface area (Å²) in [6.07, 6.45) is 1.36. The average Bonchev–Trinajstić information content (AvgIpc) is 3.13. The second-order valence-corrected chi connectivity index (χ2v) is 8.49. The Morgan fingerprint density at radius 2 is 2.03 bits per heavy atom. The number of amides is 1. The number of methoxy groups -OCH3 is 1. The number of nitro benzene ring substituents is 1. The molecule has 2 aromatic rings. The van der Waals surface area contributed by atoms with Gasteiger partial charge < -0.3 is 4.74 Å². The van der Waals surface area contributed by atoms with Crippen LogP contribution in [0.2, 0.25) is 0 Å². The van der Waals surface area contributed by atoms with Gasteiger partial charge in [-0.05, 0) is 23.3 Å². The van der Waals surface area contributed by atoms with Crippen molar-refractivity contribution in [3.63, 3.8) is 0 Å². The molecule has 3 rings (SSSR count). The fourth-order valence-corrected chi connectivity index (χ4v) is 3.74. The molecule has 0 spiro atoms. The number of non-ortho nitro benzene ring substituents is 1. The van der Waals surface area contributed by atoms with E-state index in [0.29, 0.717) is 28.9 Å². The van der Waals surface area contributed by atoms with Crippen LogP contribution in [0.15, 0.2) is 53.6 Å². The van der Waals surface area contributed by atoms with Crippen molar-refractivity contribution >= 4 is 33.0 Å². The van der Waals surface area contributed by atoms with Crippen molar-refractivity contribution in [2.24, 2.45) is 5.10 Å². The molecule has 1 aliphatic heterocycles. The largest absolute Gasteiger partial charge is 0.375 e. The second kappa shape index (κ2) is 8.59. The highest BCUT2D eigenvalue weighted by Gasteiger charge is 2.33. The van der Waals surface area contributed by atoms with E-state index in [2.05, 4.69) is 9.82 Å². The molecule has 1 N–H and O–H groups in total. The zero-order chi connectivity index (χ0) is 21.9. The van der Waals surface area contributed by atoms with Crippen LogP contribution in [-0.2, 0) is 19.6 Å². The molecule has 0 bridgehead atoms. The predicted octanol–water partition coefficient (Wildman–Crippen LogP) is 2.29. The Bertz CT molecular complexity index is 1120. The monoisotopic (exact) mass is 432 g/mol. The summed E-state index contributed by atoms with van der Waals surface area (Å²) in [6, 6.07) is 12.1. The molecule has 1 aliphatic rings. The second-order valence-electron chi connectivity index (χ2n) is 6.75. The van der Waals surface area contributed by atoms with E-state index in [4.69, 9.17) is 4.74 Å². The normalized spacial score (nSPS) is 16.3. The van der Waals surface area contributed by atoms with Gasteiger partial charge in [-0.15, -0.1) is 0 Å². The maximum Gasteiger partial charge on any atom is 0.269 e. The molecule has 30 heavy (non-hydrogen) atoms. The van der Waals surface area contributed by atoms with Gasteiger partial charge in [0.2, 0.25) is 10.0 Å². The Kier molecular flexibility index (Phi) is 6.13. The van der Waals surface area contributed by atoms with Crippen LogP contribution < -0.4 is 4.72 Å². The number of hydrogen-bond donors (Lipinski definition) is 1. The summed E-state index contributed by atoms with van der Waals surface area (Å²) in [4.78, 5) is 23.2. The van der Waals surface area contributed by atoms with Crippen molar-refractivity contribution in [1.29, 1.82) is 0 Å². The number of anilines is 1. The van der Waals surface area contributed by atoms with Gasteiger partial charge in [0.1, 0.15) is 6.61 Å². The molecular weight excluding hydrogens is 412 g/mol. The third kappa shape index (κ3) is 4.99. The number of rotatable bonds is 7. The standard InChI is InChI=1S/C19H20N4O6S/c1-29-12-19(24)22-18(14-6-4-8-16(10-14)23(25)26)11-17(20-22)13-5-3-7-15(9-13)21-30(2,27)28/h3-10,18,21H,11-12H2,1-2H3/t18-/m0/s1. The Labute approximate surface area is 173 Å². The van der Waals surface area contributed by atoms with Crippen LogP contribution in [-0.4, -0.2) is 49.9 Å². The van der Waals surface area contributed by atoms with Gasteiger partial charge in [0, 0.05) is 31.4 Å². The molecule has 1 atom stereocenters. The van der Waals surface area contributed by atoms with Crippen LogP contribution >= 0.6 is 0 Å². The zero-order valence-electron chi connectivity index (χ0n) is 16.3. The highest BCUT2D eigenvalue weighted by Crippen LogP contribution is 2.34. The third-order valence-electron chi connectivity index (χ3n) is 4.40. The highest BCUT2D eigenvalue weighted by molar-refractivity contribution is 7.92. The minimum atomic E-state index is -3.45.